The van der Waals surface area contributed by atoms with E-state index in [9.17, 15) is 24.3 Å². The summed E-state index contributed by atoms with van der Waals surface area (Å²) in [6.07, 6.45) is 7.44. The molecule has 2 fully saturated rings. The topological polar surface area (TPSA) is 156 Å². The lowest BCUT2D eigenvalue weighted by Crippen LogP contribution is -2.56. The maximum Gasteiger partial charge on any atom is 0.313 e. The van der Waals surface area contributed by atoms with Crippen molar-refractivity contribution in [1.82, 2.24) is 30.1 Å². The van der Waals surface area contributed by atoms with Gasteiger partial charge in [0.25, 0.3) is 5.91 Å². The molecule has 0 unspecified atom stereocenters. The molecule has 13 nitrogen and oxygen atoms in total. The van der Waals surface area contributed by atoms with Crippen LogP contribution in [0.25, 0.3) is 11.0 Å². The number of carbonyl (C=O) groups excluding carboxylic acids is 4. The minimum Gasteiger partial charge on any atom is -0.460 e. The van der Waals surface area contributed by atoms with Crippen LogP contribution >= 0.6 is 0 Å². The molecule has 1 aromatic heterocycles. The number of likely N-dealkylation sites (tertiary alicyclic amines) is 1. The van der Waals surface area contributed by atoms with E-state index in [0.29, 0.717) is 24.8 Å². The Morgan fingerprint density at radius 2 is 1.95 bits per heavy atom. The van der Waals surface area contributed by atoms with Crippen LogP contribution in [0.4, 0.5) is 0 Å². The van der Waals surface area contributed by atoms with Crippen molar-refractivity contribution in [3.8, 4) is 0 Å². The van der Waals surface area contributed by atoms with E-state index < -0.39 is 41.7 Å². The van der Waals surface area contributed by atoms with Gasteiger partial charge in [0.15, 0.2) is 0 Å². The third kappa shape index (κ3) is 5.20. The number of allylic oxidation sites excluding steroid dienone is 1. The summed E-state index contributed by atoms with van der Waals surface area (Å²) in [7, 11) is 0. The summed E-state index contributed by atoms with van der Waals surface area (Å²) in [5, 5.41) is 20.7. The first-order valence-electron chi connectivity index (χ1n) is 14.8. The van der Waals surface area contributed by atoms with Crippen LogP contribution in [0.5, 0.6) is 0 Å². The lowest BCUT2D eigenvalue weighted by atomic mass is 9.74. The highest BCUT2D eigenvalue weighted by Crippen LogP contribution is 2.55. The molecular weight excluding hydrogens is 556 g/mol. The molecule has 5 heterocycles. The van der Waals surface area contributed by atoms with E-state index in [1.807, 2.05) is 36.4 Å². The molecule has 6 rings (SSSR count). The number of aliphatic hydroxyl groups is 1. The molecule has 0 radical (unpaired) electrons. The fourth-order valence-electron chi connectivity index (χ4n) is 6.62. The van der Waals surface area contributed by atoms with Gasteiger partial charge >= 0.3 is 5.97 Å². The molecule has 13 heteroatoms. The van der Waals surface area contributed by atoms with Gasteiger partial charge in [-0.05, 0) is 38.3 Å². The average molecular weight is 593 g/mol. The Bertz CT molecular complexity index is 1470. The number of nitrogens with zero attached hydrogens (tertiary/aromatic N) is 5. The number of aromatic nitrogens is 3. The molecule has 3 amide bonds. The summed E-state index contributed by atoms with van der Waals surface area (Å²) < 4.78 is 13.7. The van der Waals surface area contributed by atoms with E-state index in [1.165, 1.54) is 4.90 Å². The summed E-state index contributed by atoms with van der Waals surface area (Å²) >= 11 is 0. The van der Waals surface area contributed by atoms with E-state index in [1.54, 1.807) is 28.7 Å². The number of benzene rings is 1. The van der Waals surface area contributed by atoms with E-state index in [-0.39, 0.29) is 57.1 Å². The van der Waals surface area contributed by atoms with Gasteiger partial charge in [-0.1, -0.05) is 41.7 Å². The molecule has 5 bridgehead atoms. The number of esters is 1. The third-order valence-corrected chi connectivity index (χ3v) is 8.66. The Labute approximate surface area is 248 Å². The average Bonchev–Trinajstić information content (AvgIpc) is 3.74. The number of ether oxygens (including phenoxy) is 2. The van der Waals surface area contributed by atoms with Crippen molar-refractivity contribution >= 4 is 34.7 Å². The number of unbranched alkanes of at least 4 members (excludes halogenated alkanes) is 1. The SMILES string of the molecule is C[C@@H]1CNC(=O)CC/C=C\CN(Cn2nnc3ccccc32)C(=O)[C@@H]2N(CCCCO)C(=O)[C@H]3[C@H](C(=O)O1)[C@@H]1C=C[C@]23O1. The first kappa shape index (κ1) is 29.0. The van der Waals surface area contributed by atoms with Crippen molar-refractivity contribution in [2.24, 2.45) is 11.8 Å². The number of para-hydroxylation sites is 1. The first-order chi connectivity index (χ1) is 20.8. The molecular formula is C30H36N6O7. The van der Waals surface area contributed by atoms with Gasteiger partial charge in [-0.3, -0.25) is 19.2 Å². The van der Waals surface area contributed by atoms with Gasteiger partial charge in [0.05, 0.1) is 24.1 Å². The highest BCUT2D eigenvalue weighted by molar-refractivity contribution is 5.99. The van der Waals surface area contributed by atoms with Crippen LogP contribution in [-0.4, -0.2) is 104 Å². The molecule has 1 aromatic carbocycles. The molecule has 43 heavy (non-hydrogen) atoms. The van der Waals surface area contributed by atoms with E-state index in [0.717, 1.165) is 5.52 Å². The Morgan fingerprint density at radius 1 is 1.12 bits per heavy atom. The van der Waals surface area contributed by atoms with Gasteiger partial charge < -0.3 is 29.7 Å². The molecule has 1 spiro atoms. The number of aliphatic hydroxyl groups excluding tert-OH is 1. The first-order valence-corrected chi connectivity index (χ1v) is 14.8. The standard InChI is InChI=1S/C30H36N6O7/c1-19-17-31-23(38)11-3-2-6-14-34(18-36-21-10-5-4-9-20(21)32-33-36)28(40)26-30-13-12-22(43-30)24(29(41)42-19)25(30)27(39)35(26)15-7-8-16-37/h2,4-6,9-10,12-13,19,22,24-26,37H,3,7-8,11,14-18H2,1H3,(H,31,38)/b6-2-/t19-,22+,24-,25-,26+,30-/m1/s1. The highest BCUT2D eigenvalue weighted by atomic mass is 16.6. The van der Waals surface area contributed by atoms with Gasteiger partial charge in [-0.15, -0.1) is 5.10 Å². The number of fused-ring (bicyclic) bond motifs is 3. The minimum absolute atomic E-state index is 0.0483. The predicted octanol–water partition coefficient (Wildman–Crippen LogP) is 0.538. The lowest BCUT2D eigenvalue weighted by Gasteiger charge is -2.35. The van der Waals surface area contributed by atoms with Gasteiger partial charge in [0, 0.05) is 26.1 Å². The van der Waals surface area contributed by atoms with Crippen LogP contribution in [-0.2, 0) is 35.3 Å². The normalized spacial score (nSPS) is 31.9. The third-order valence-electron chi connectivity index (χ3n) is 8.66. The number of hydrogen-bond donors (Lipinski definition) is 2. The maximum absolute atomic E-state index is 14.7. The van der Waals surface area contributed by atoms with E-state index in [2.05, 4.69) is 15.6 Å². The van der Waals surface area contributed by atoms with E-state index in [4.69, 9.17) is 9.47 Å². The summed E-state index contributed by atoms with van der Waals surface area (Å²) in [6.45, 7) is 2.22. The smallest absolute Gasteiger partial charge is 0.313 e. The number of hydrogen-bond acceptors (Lipinski definition) is 9. The predicted molar refractivity (Wildman–Crippen MR) is 152 cm³/mol. The molecule has 4 aliphatic rings. The van der Waals surface area contributed by atoms with Crippen molar-refractivity contribution in [3.05, 3.63) is 48.6 Å². The fourth-order valence-corrected chi connectivity index (χ4v) is 6.62. The molecule has 0 saturated carbocycles. The van der Waals surface area contributed by atoms with E-state index >= 15 is 0 Å². The van der Waals surface area contributed by atoms with Crippen molar-refractivity contribution in [3.63, 3.8) is 0 Å². The zero-order valence-corrected chi connectivity index (χ0v) is 24.0. The summed E-state index contributed by atoms with van der Waals surface area (Å²) in [4.78, 5) is 57.7. The van der Waals surface area contributed by atoms with Gasteiger partial charge in [0.2, 0.25) is 11.8 Å². The second kappa shape index (κ2) is 11.9. The largest absolute Gasteiger partial charge is 0.460 e. The number of nitrogens with one attached hydrogen (secondary N) is 1. The Balaban J connectivity index is 1.40. The van der Waals surface area contributed by atoms with Crippen LogP contribution in [0.1, 0.15) is 32.6 Å². The maximum atomic E-state index is 14.7. The van der Waals surface area contributed by atoms with Crippen LogP contribution in [0, 0.1) is 11.8 Å². The molecule has 2 saturated heterocycles. The second-order valence-corrected chi connectivity index (χ2v) is 11.5. The Morgan fingerprint density at radius 3 is 2.79 bits per heavy atom. The van der Waals surface area contributed by atoms with Crippen LogP contribution in [0.3, 0.4) is 0 Å². The van der Waals surface area contributed by atoms with Gasteiger partial charge in [-0.2, -0.15) is 0 Å². The minimum atomic E-state index is -1.35. The number of cyclic esters (lactones) is 1. The van der Waals surface area contributed by atoms with Crippen LogP contribution in [0.2, 0.25) is 0 Å². The molecule has 2 N–H and O–H groups in total. The number of amides is 3. The zero-order valence-electron chi connectivity index (χ0n) is 24.0. The number of rotatable bonds is 6. The van der Waals surface area contributed by atoms with Crippen molar-refractivity contribution in [2.75, 3.05) is 26.2 Å². The molecule has 6 atom stereocenters. The van der Waals surface area contributed by atoms with Crippen molar-refractivity contribution in [1.29, 1.82) is 0 Å². The number of carbonyl (C=O) groups is 4. The van der Waals surface area contributed by atoms with Crippen LogP contribution in [0.15, 0.2) is 48.6 Å². The molecule has 4 aliphatic heterocycles. The zero-order chi connectivity index (χ0) is 30.1. The van der Waals surface area contributed by atoms with Gasteiger partial charge in [-0.25, -0.2) is 4.68 Å². The van der Waals surface area contributed by atoms with Crippen molar-refractivity contribution in [2.45, 2.75) is 63.1 Å². The quantitative estimate of drug-likeness (QED) is 0.278. The summed E-state index contributed by atoms with van der Waals surface area (Å²) in [6, 6.07) is 6.38. The Kier molecular flexibility index (Phi) is 8.01. The summed E-state index contributed by atoms with van der Waals surface area (Å²) in [5.74, 6) is -3.38. The fraction of sp³-hybridized carbons (Fsp3) is 0.533. The lowest BCUT2D eigenvalue weighted by molar-refractivity contribution is -0.158. The molecule has 228 valence electrons. The Hall–Kier alpha value is -4.10. The summed E-state index contributed by atoms with van der Waals surface area (Å²) in [5.41, 5.74) is 0.0747. The van der Waals surface area contributed by atoms with Crippen LogP contribution < -0.4 is 5.32 Å². The van der Waals surface area contributed by atoms with Crippen molar-refractivity contribution < 1.29 is 33.8 Å². The monoisotopic (exact) mass is 592 g/mol. The highest BCUT2D eigenvalue weighted by Gasteiger charge is 2.73. The molecule has 0 aliphatic carbocycles. The second-order valence-electron chi connectivity index (χ2n) is 11.5. The van der Waals surface area contributed by atoms with Gasteiger partial charge in [0.1, 0.15) is 35.9 Å². The molecule has 2 aromatic rings.